The van der Waals surface area contributed by atoms with Gasteiger partial charge in [0.1, 0.15) is 6.61 Å². The number of ether oxygens (including phenoxy) is 1. The monoisotopic (exact) mass is 350 g/mol. The van der Waals surface area contributed by atoms with E-state index in [0.29, 0.717) is 13.2 Å². The van der Waals surface area contributed by atoms with Gasteiger partial charge in [0.05, 0.1) is 0 Å². The molecule has 25 heavy (non-hydrogen) atoms. The molecule has 2 nitrogen and oxygen atoms in total. The quantitative estimate of drug-likeness (QED) is 0.299. The van der Waals surface area contributed by atoms with Crippen molar-refractivity contribution in [3.8, 4) is 11.5 Å². The van der Waals surface area contributed by atoms with Gasteiger partial charge < -0.3 is 9.16 Å². The van der Waals surface area contributed by atoms with Crippen molar-refractivity contribution in [1.29, 1.82) is 0 Å². The average Bonchev–Trinajstić information content (AvgIpc) is 2.68. The molecular formula is C22H26O2Si. The van der Waals surface area contributed by atoms with Crippen LogP contribution in [0.25, 0.3) is 0 Å². The van der Waals surface area contributed by atoms with Gasteiger partial charge in [-0.05, 0) is 29.6 Å². The van der Waals surface area contributed by atoms with E-state index in [4.69, 9.17) is 9.16 Å². The summed E-state index contributed by atoms with van der Waals surface area (Å²) in [5.74, 6) is 3.17. The Bertz CT molecular complexity index is 647. The molecule has 0 N–H and O–H groups in total. The van der Waals surface area contributed by atoms with Crippen LogP contribution < -0.4 is 10.4 Å². The zero-order valence-corrected chi connectivity index (χ0v) is 15.9. The van der Waals surface area contributed by atoms with Gasteiger partial charge in [-0.1, -0.05) is 78.2 Å². The first kappa shape index (κ1) is 19.2. The van der Waals surface area contributed by atoms with E-state index in [2.05, 4.69) is 66.6 Å². The number of rotatable bonds is 9. The summed E-state index contributed by atoms with van der Waals surface area (Å²) in [5.41, 5.74) is 3.48. The van der Waals surface area contributed by atoms with E-state index in [0.717, 1.165) is 19.3 Å². The van der Waals surface area contributed by atoms with Crippen LogP contribution in [0, 0.1) is 11.5 Å². The molecule has 0 spiro atoms. The third-order valence-corrected chi connectivity index (χ3v) is 7.42. The highest BCUT2D eigenvalue weighted by Gasteiger charge is 2.38. The zero-order chi connectivity index (χ0) is 17.8. The standard InChI is InChI=1S/C22H26O2Si/c1-3-4-5-12-19-24-25(20-13-18-23-2,21-14-8-6-9-15-21)22-16-10-7-11-17-22/h3,6-11,14-17H,1,4-5,12,18-19H2,2H3. The van der Waals surface area contributed by atoms with Crippen molar-refractivity contribution in [2.24, 2.45) is 0 Å². The summed E-state index contributed by atoms with van der Waals surface area (Å²) >= 11 is 0. The maximum Gasteiger partial charge on any atom is 0.337 e. The summed E-state index contributed by atoms with van der Waals surface area (Å²) in [6.07, 6.45) is 5.07. The highest BCUT2D eigenvalue weighted by Crippen LogP contribution is 2.09. The molecule has 0 aromatic heterocycles. The second-order valence-corrected chi connectivity index (χ2v) is 8.84. The summed E-state index contributed by atoms with van der Waals surface area (Å²) in [7, 11) is -0.946. The second-order valence-electron chi connectivity index (χ2n) is 5.78. The molecule has 0 atom stereocenters. The molecule has 0 aliphatic rings. The molecule has 0 fully saturated rings. The van der Waals surface area contributed by atoms with E-state index < -0.39 is 8.32 Å². The lowest BCUT2D eigenvalue weighted by molar-refractivity contribution is 0.239. The molecule has 0 amide bonds. The van der Waals surface area contributed by atoms with Crippen LogP contribution in [-0.2, 0) is 9.16 Å². The fourth-order valence-electron chi connectivity index (χ4n) is 2.71. The molecule has 0 aliphatic heterocycles. The normalized spacial score (nSPS) is 10.8. The van der Waals surface area contributed by atoms with E-state index in [9.17, 15) is 0 Å². The smallest absolute Gasteiger partial charge is 0.337 e. The Hall–Kier alpha value is -2.12. The number of hydrogen-bond donors (Lipinski definition) is 0. The molecule has 0 radical (unpaired) electrons. The lowest BCUT2D eigenvalue weighted by Crippen LogP contribution is -2.60. The van der Waals surface area contributed by atoms with Gasteiger partial charge in [-0.25, -0.2) is 0 Å². The summed E-state index contributed by atoms with van der Waals surface area (Å²) in [6, 6.07) is 20.8. The molecule has 3 heteroatoms. The van der Waals surface area contributed by atoms with E-state index in [1.54, 1.807) is 7.11 Å². The zero-order valence-electron chi connectivity index (χ0n) is 14.9. The molecule has 0 saturated carbocycles. The van der Waals surface area contributed by atoms with Crippen molar-refractivity contribution in [3.05, 3.63) is 73.3 Å². The largest absolute Gasteiger partial charge is 0.399 e. The first-order chi connectivity index (χ1) is 12.3. The van der Waals surface area contributed by atoms with Crippen LogP contribution >= 0.6 is 0 Å². The molecule has 0 aliphatic carbocycles. The lowest BCUT2D eigenvalue weighted by Gasteiger charge is -2.27. The summed E-state index contributed by atoms with van der Waals surface area (Å²) in [5, 5.41) is 2.35. The number of hydrogen-bond acceptors (Lipinski definition) is 2. The highest BCUT2D eigenvalue weighted by molar-refractivity contribution is 7.03. The van der Waals surface area contributed by atoms with Crippen molar-refractivity contribution in [2.45, 2.75) is 19.3 Å². The van der Waals surface area contributed by atoms with Crippen molar-refractivity contribution in [2.75, 3.05) is 20.3 Å². The van der Waals surface area contributed by atoms with Gasteiger partial charge in [-0.3, -0.25) is 0 Å². The third kappa shape index (κ3) is 5.44. The maximum atomic E-state index is 6.57. The van der Waals surface area contributed by atoms with Crippen LogP contribution in [0.1, 0.15) is 19.3 Å². The van der Waals surface area contributed by atoms with Crippen LogP contribution in [0.5, 0.6) is 0 Å². The Morgan fingerprint density at radius 1 is 0.960 bits per heavy atom. The first-order valence-corrected chi connectivity index (χ1v) is 10.6. The molecule has 130 valence electrons. The number of benzene rings is 2. The Morgan fingerprint density at radius 2 is 1.56 bits per heavy atom. The Kier molecular flexibility index (Phi) is 8.21. The predicted octanol–water partition coefficient (Wildman–Crippen LogP) is 3.31. The van der Waals surface area contributed by atoms with Gasteiger partial charge >= 0.3 is 8.32 Å². The molecule has 0 unspecified atom stereocenters. The Balaban J connectivity index is 2.39. The number of unbranched alkanes of at least 4 members (excludes halogenated alkanes) is 2. The summed E-state index contributed by atoms with van der Waals surface area (Å²) in [4.78, 5) is 0. The van der Waals surface area contributed by atoms with Crippen molar-refractivity contribution in [1.82, 2.24) is 0 Å². The number of allylic oxidation sites excluding steroid dienone is 1. The van der Waals surface area contributed by atoms with Gasteiger partial charge in [0.25, 0.3) is 0 Å². The van der Waals surface area contributed by atoms with Gasteiger partial charge in [-0.2, -0.15) is 0 Å². The molecule has 0 saturated heterocycles. The summed E-state index contributed by atoms with van der Waals surface area (Å²) in [6.45, 7) is 4.89. The molecule has 2 aromatic rings. The second kappa shape index (κ2) is 10.7. The average molecular weight is 351 g/mol. The minimum atomic E-state index is -2.61. The minimum absolute atomic E-state index is 0.411. The van der Waals surface area contributed by atoms with E-state index in [1.807, 2.05) is 18.2 Å². The van der Waals surface area contributed by atoms with Crippen LogP contribution in [-0.4, -0.2) is 28.6 Å². The van der Waals surface area contributed by atoms with Gasteiger partial charge in [0, 0.05) is 13.7 Å². The highest BCUT2D eigenvalue weighted by atomic mass is 28.4. The lowest BCUT2D eigenvalue weighted by atomic mass is 10.2. The predicted molar refractivity (Wildman–Crippen MR) is 108 cm³/mol. The topological polar surface area (TPSA) is 18.5 Å². The van der Waals surface area contributed by atoms with Gasteiger partial charge in [-0.15, -0.1) is 6.58 Å². The molecule has 0 bridgehead atoms. The van der Waals surface area contributed by atoms with E-state index in [-0.39, 0.29) is 0 Å². The van der Waals surface area contributed by atoms with Crippen LogP contribution in [0.3, 0.4) is 0 Å². The fraction of sp³-hybridized carbons (Fsp3) is 0.273. The fourth-order valence-corrected chi connectivity index (χ4v) is 5.83. The van der Waals surface area contributed by atoms with Crippen molar-refractivity contribution in [3.63, 3.8) is 0 Å². The number of methoxy groups -OCH3 is 1. The van der Waals surface area contributed by atoms with Gasteiger partial charge in [0.2, 0.25) is 0 Å². The van der Waals surface area contributed by atoms with Crippen molar-refractivity contribution >= 4 is 18.7 Å². The van der Waals surface area contributed by atoms with Crippen LogP contribution in [0.15, 0.2) is 73.3 Å². The van der Waals surface area contributed by atoms with Crippen LogP contribution in [0.2, 0.25) is 0 Å². The summed E-state index contributed by atoms with van der Waals surface area (Å²) < 4.78 is 11.7. The van der Waals surface area contributed by atoms with Gasteiger partial charge in [0.15, 0.2) is 0 Å². The molecule has 0 heterocycles. The SMILES string of the molecule is C=CCCCCO[Si](C#CCOC)(c1ccccc1)c1ccccc1. The molecular weight excluding hydrogens is 324 g/mol. The molecule has 2 rings (SSSR count). The van der Waals surface area contributed by atoms with Crippen molar-refractivity contribution < 1.29 is 9.16 Å². The van der Waals surface area contributed by atoms with E-state index >= 15 is 0 Å². The maximum absolute atomic E-state index is 6.57. The molecule has 2 aromatic carbocycles. The van der Waals surface area contributed by atoms with E-state index in [1.165, 1.54) is 10.4 Å². The third-order valence-electron chi connectivity index (χ3n) is 3.96. The first-order valence-electron chi connectivity index (χ1n) is 8.68. The Morgan fingerprint density at radius 3 is 2.08 bits per heavy atom. The van der Waals surface area contributed by atoms with Crippen LogP contribution in [0.4, 0.5) is 0 Å². The minimum Gasteiger partial charge on any atom is -0.399 e. The Labute approximate surface area is 152 Å².